The molecular weight excluding hydrogens is 460 g/mol. The molecule has 1 aromatic heterocycles. The van der Waals surface area contributed by atoms with Gasteiger partial charge < -0.3 is 19.4 Å². The molecule has 0 bridgehead atoms. The summed E-state index contributed by atoms with van der Waals surface area (Å²) < 4.78 is 37.3. The number of nitrogens with one attached hydrogen (secondary N) is 1. The molecule has 1 heterocycles. The average Bonchev–Trinajstić information content (AvgIpc) is 2.81. The Kier molecular flexibility index (Phi) is 7.21. The zero-order valence-corrected chi connectivity index (χ0v) is 19.9. The molecule has 0 fully saturated rings. The molecule has 2 aromatic carbocycles. The highest BCUT2D eigenvalue weighted by atomic mass is 32.2. The first-order chi connectivity index (χ1) is 16.1. The number of methoxy groups -OCH3 is 2. The number of hydrogen-bond donors (Lipinski definition) is 1. The van der Waals surface area contributed by atoms with E-state index in [-0.39, 0.29) is 10.5 Å². The van der Waals surface area contributed by atoms with Crippen LogP contribution in [0.3, 0.4) is 0 Å². The van der Waals surface area contributed by atoms with E-state index >= 15 is 0 Å². The van der Waals surface area contributed by atoms with Gasteiger partial charge in [0.05, 0.1) is 24.7 Å². The van der Waals surface area contributed by atoms with Crippen LogP contribution in [0.4, 0.5) is 5.69 Å². The third-order valence-electron chi connectivity index (χ3n) is 5.18. The molecule has 178 valence electrons. The van der Waals surface area contributed by atoms with E-state index in [0.717, 1.165) is 4.57 Å². The lowest BCUT2D eigenvalue weighted by Crippen LogP contribution is -2.33. The number of sulfone groups is 1. The van der Waals surface area contributed by atoms with Gasteiger partial charge >= 0.3 is 5.97 Å². The number of rotatable bonds is 7. The number of pyridine rings is 1. The van der Waals surface area contributed by atoms with Crippen molar-refractivity contribution >= 4 is 27.4 Å². The number of anilines is 1. The molecule has 1 N–H and O–H groups in total. The van der Waals surface area contributed by atoms with Crippen LogP contribution < -0.4 is 15.6 Å². The van der Waals surface area contributed by atoms with Gasteiger partial charge in [-0.3, -0.25) is 9.59 Å². The number of hydrogen-bond acceptors (Lipinski definition) is 7. The number of carbonyl (C=O) groups is 2. The van der Waals surface area contributed by atoms with E-state index in [4.69, 9.17) is 4.74 Å². The van der Waals surface area contributed by atoms with Crippen LogP contribution in [-0.2, 0) is 25.9 Å². The molecule has 0 aliphatic carbocycles. The minimum Gasteiger partial charge on any atom is -0.497 e. The highest BCUT2D eigenvalue weighted by Crippen LogP contribution is 2.24. The van der Waals surface area contributed by atoms with E-state index in [0.29, 0.717) is 22.7 Å². The van der Waals surface area contributed by atoms with Gasteiger partial charge in [0.15, 0.2) is 0 Å². The van der Waals surface area contributed by atoms with Crippen molar-refractivity contribution in [3.05, 3.63) is 81.8 Å². The average molecular weight is 485 g/mol. The lowest BCUT2D eigenvalue weighted by Gasteiger charge is -2.15. The van der Waals surface area contributed by atoms with E-state index < -0.39 is 38.7 Å². The Hall–Kier alpha value is -3.92. The highest BCUT2D eigenvalue weighted by molar-refractivity contribution is 7.91. The largest absolute Gasteiger partial charge is 0.497 e. The Labute approximate surface area is 196 Å². The predicted molar refractivity (Wildman–Crippen MR) is 125 cm³/mol. The standard InChI is InChI=1S/C24H24N2O7S/c1-15-13-16(2)26(14-21(27)25-18-7-5-17(6-8-18)24(29)33-4)23(28)22(15)34(30,31)20-11-9-19(32-3)10-12-20/h5-13H,14H2,1-4H3,(H,25,27). The van der Waals surface area contributed by atoms with E-state index in [2.05, 4.69) is 10.1 Å². The molecule has 0 aliphatic heterocycles. The van der Waals surface area contributed by atoms with Gasteiger partial charge in [0.1, 0.15) is 17.2 Å². The number of amides is 1. The second-order valence-electron chi connectivity index (χ2n) is 7.49. The summed E-state index contributed by atoms with van der Waals surface area (Å²) in [7, 11) is -1.41. The zero-order valence-electron chi connectivity index (χ0n) is 19.1. The summed E-state index contributed by atoms with van der Waals surface area (Å²) in [6.45, 7) is 2.77. The van der Waals surface area contributed by atoms with E-state index in [9.17, 15) is 22.8 Å². The van der Waals surface area contributed by atoms with Crippen LogP contribution in [0, 0.1) is 13.8 Å². The SMILES string of the molecule is COC(=O)c1ccc(NC(=O)Cn2c(C)cc(C)c(S(=O)(=O)c3ccc(OC)cc3)c2=O)cc1. The van der Waals surface area contributed by atoms with Crippen molar-refractivity contribution in [2.45, 2.75) is 30.2 Å². The quantitative estimate of drug-likeness (QED) is 0.512. The maximum Gasteiger partial charge on any atom is 0.337 e. The summed E-state index contributed by atoms with van der Waals surface area (Å²) in [6, 6.07) is 13.3. The molecule has 0 aliphatic rings. The molecule has 1 amide bonds. The van der Waals surface area contributed by atoms with Crippen LogP contribution in [-0.4, -0.2) is 39.1 Å². The number of aryl methyl sites for hydroxylation is 2. The van der Waals surface area contributed by atoms with Crippen LogP contribution >= 0.6 is 0 Å². The van der Waals surface area contributed by atoms with Crippen LogP contribution in [0.25, 0.3) is 0 Å². The Balaban J connectivity index is 1.91. The van der Waals surface area contributed by atoms with Gasteiger partial charge in [0.2, 0.25) is 15.7 Å². The Bertz CT molecular complexity index is 1390. The molecule has 10 heteroatoms. The Morgan fingerprint density at radius 2 is 1.59 bits per heavy atom. The molecule has 0 saturated carbocycles. The molecule has 9 nitrogen and oxygen atoms in total. The smallest absolute Gasteiger partial charge is 0.337 e. The number of carbonyl (C=O) groups excluding carboxylic acids is 2. The zero-order chi connectivity index (χ0) is 25.0. The minimum atomic E-state index is -4.14. The Morgan fingerprint density at radius 1 is 0.971 bits per heavy atom. The van der Waals surface area contributed by atoms with Crippen LogP contribution in [0.1, 0.15) is 21.6 Å². The molecule has 0 atom stereocenters. The second-order valence-corrected chi connectivity index (χ2v) is 9.37. The second kappa shape index (κ2) is 9.92. The van der Waals surface area contributed by atoms with Crippen molar-refractivity contribution in [3.8, 4) is 5.75 Å². The fraction of sp³-hybridized carbons (Fsp3) is 0.208. The van der Waals surface area contributed by atoms with Gasteiger partial charge in [0.25, 0.3) is 5.56 Å². The fourth-order valence-electron chi connectivity index (χ4n) is 3.46. The van der Waals surface area contributed by atoms with Gasteiger partial charge in [-0.2, -0.15) is 0 Å². The molecular formula is C24H24N2O7S. The van der Waals surface area contributed by atoms with E-state index in [1.165, 1.54) is 69.7 Å². The van der Waals surface area contributed by atoms with Crippen molar-refractivity contribution in [2.24, 2.45) is 0 Å². The summed E-state index contributed by atoms with van der Waals surface area (Å²) >= 11 is 0. The molecule has 34 heavy (non-hydrogen) atoms. The van der Waals surface area contributed by atoms with Gasteiger partial charge in [-0.15, -0.1) is 0 Å². The van der Waals surface area contributed by atoms with Gasteiger partial charge in [-0.1, -0.05) is 0 Å². The lowest BCUT2D eigenvalue weighted by molar-refractivity contribution is -0.116. The third kappa shape index (κ3) is 5.01. The van der Waals surface area contributed by atoms with Gasteiger partial charge in [-0.05, 0) is 74.0 Å². The number of esters is 1. The summed E-state index contributed by atoms with van der Waals surface area (Å²) in [4.78, 5) is 36.9. The van der Waals surface area contributed by atoms with Crippen molar-refractivity contribution in [2.75, 3.05) is 19.5 Å². The van der Waals surface area contributed by atoms with Crippen LogP contribution in [0.2, 0.25) is 0 Å². The predicted octanol–water partition coefficient (Wildman–Crippen LogP) is 2.73. The first-order valence-electron chi connectivity index (χ1n) is 10.2. The number of benzene rings is 2. The lowest BCUT2D eigenvalue weighted by atomic mass is 10.2. The van der Waals surface area contributed by atoms with Crippen LogP contribution in [0.5, 0.6) is 5.75 Å². The highest BCUT2D eigenvalue weighted by Gasteiger charge is 2.26. The normalized spacial score (nSPS) is 11.1. The topological polar surface area (TPSA) is 121 Å². The van der Waals surface area contributed by atoms with Crippen molar-refractivity contribution < 1.29 is 27.5 Å². The molecule has 3 aromatic rings. The number of ether oxygens (including phenoxy) is 2. The summed E-state index contributed by atoms with van der Waals surface area (Å²) in [5.41, 5.74) is 0.659. The van der Waals surface area contributed by atoms with Crippen molar-refractivity contribution in [1.29, 1.82) is 0 Å². The minimum absolute atomic E-state index is 0.0564. The number of aromatic nitrogens is 1. The number of nitrogens with zero attached hydrogens (tertiary/aromatic N) is 1. The first-order valence-corrected chi connectivity index (χ1v) is 11.6. The van der Waals surface area contributed by atoms with E-state index in [1.54, 1.807) is 13.0 Å². The molecule has 0 saturated heterocycles. The van der Waals surface area contributed by atoms with Gasteiger partial charge in [0, 0.05) is 11.4 Å². The summed E-state index contributed by atoms with van der Waals surface area (Å²) in [5.74, 6) is -0.564. The fourth-order valence-corrected chi connectivity index (χ4v) is 5.01. The summed E-state index contributed by atoms with van der Waals surface area (Å²) in [5, 5.41) is 2.63. The van der Waals surface area contributed by atoms with E-state index in [1.807, 2.05) is 0 Å². The molecule has 0 spiro atoms. The maximum atomic E-state index is 13.2. The third-order valence-corrected chi connectivity index (χ3v) is 7.11. The molecule has 0 unspecified atom stereocenters. The monoisotopic (exact) mass is 484 g/mol. The maximum absolute atomic E-state index is 13.2. The van der Waals surface area contributed by atoms with Crippen molar-refractivity contribution in [3.63, 3.8) is 0 Å². The molecule has 0 radical (unpaired) electrons. The molecule has 3 rings (SSSR count). The van der Waals surface area contributed by atoms with Gasteiger partial charge in [-0.25, -0.2) is 13.2 Å². The Morgan fingerprint density at radius 3 is 2.15 bits per heavy atom. The van der Waals surface area contributed by atoms with Crippen molar-refractivity contribution in [1.82, 2.24) is 4.57 Å². The summed E-state index contributed by atoms with van der Waals surface area (Å²) in [6.07, 6.45) is 0. The first kappa shape index (κ1) is 24.7. The van der Waals surface area contributed by atoms with Crippen LogP contribution in [0.15, 0.2) is 69.2 Å².